The molecule has 1 fully saturated rings. The summed E-state index contributed by atoms with van der Waals surface area (Å²) in [6, 6.07) is 6.86. The first-order chi connectivity index (χ1) is 8.74. The zero-order valence-electron chi connectivity index (χ0n) is 12.0. The molecule has 0 bridgehead atoms. The lowest BCUT2D eigenvalue weighted by Crippen LogP contribution is -2.27. The lowest BCUT2D eigenvalue weighted by Gasteiger charge is -2.26. The molecule has 0 heterocycles. The Morgan fingerprint density at radius 2 is 2.06 bits per heavy atom. The van der Waals surface area contributed by atoms with Crippen molar-refractivity contribution in [2.75, 3.05) is 24.5 Å². The van der Waals surface area contributed by atoms with Gasteiger partial charge < -0.3 is 10.2 Å². The van der Waals surface area contributed by atoms with Gasteiger partial charge in [-0.2, -0.15) is 0 Å². The molecule has 1 aliphatic carbocycles. The van der Waals surface area contributed by atoms with Gasteiger partial charge >= 0.3 is 0 Å². The summed E-state index contributed by atoms with van der Waals surface area (Å²) in [5.41, 5.74) is 4.23. The largest absolute Gasteiger partial charge is 0.371 e. The number of nitrogens with zero attached hydrogens (tertiary/aromatic N) is 1. The number of nitrogens with one attached hydrogen (secondary N) is 1. The predicted molar refractivity (Wildman–Crippen MR) is 79.2 cm³/mol. The van der Waals surface area contributed by atoms with Crippen molar-refractivity contribution in [3.63, 3.8) is 0 Å². The molecule has 1 aromatic carbocycles. The van der Waals surface area contributed by atoms with Gasteiger partial charge in [0, 0.05) is 25.3 Å². The monoisotopic (exact) mass is 246 g/mol. The van der Waals surface area contributed by atoms with Crippen LogP contribution in [0.1, 0.15) is 37.8 Å². The van der Waals surface area contributed by atoms with Gasteiger partial charge in [0.15, 0.2) is 0 Å². The van der Waals surface area contributed by atoms with E-state index >= 15 is 0 Å². The van der Waals surface area contributed by atoms with Crippen LogP contribution in [-0.4, -0.2) is 19.6 Å². The number of rotatable bonds is 7. The van der Waals surface area contributed by atoms with Gasteiger partial charge in [-0.3, -0.25) is 0 Å². The molecule has 2 heteroatoms. The van der Waals surface area contributed by atoms with Crippen molar-refractivity contribution < 1.29 is 0 Å². The van der Waals surface area contributed by atoms with Crippen molar-refractivity contribution in [1.29, 1.82) is 0 Å². The van der Waals surface area contributed by atoms with Gasteiger partial charge in [0.05, 0.1) is 0 Å². The molecule has 2 nitrogen and oxygen atoms in total. The SMILES string of the molecule is CCNCc1cc(C)ccc1N(CC)CC1CC1. The molecule has 0 aromatic heterocycles. The maximum atomic E-state index is 3.45. The molecule has 18 heavy (non-hydrogen) atoms. The fourth-order valence-electron chi connectivity index (χ4n) is 2.43. The average Bonchev–Trinajstić information content (AvgIpc) is 3.18. The summed E-state index contributed by atoms with van der Waals surface area (Å²) < 4.78 is 0. The van der Waals surface area contributed by atoms with Crippen LogP contribution >= 0.6 is 0 Å². The lowest BCUT2D eigenvalue weighted by atomic mass is 10.1. The zero-order valence-corrected chi connectivity index (χ0v) is 12.0. The maximum Gasteiger partial charge on any atom is 0.0412 e. The summed E-state index contributed by atoms with van der Waals surface area (Å²) in [6.45, 7) is 11.0. The Hall–Kier alpha value is -1.02. The third-order valence-corrected chi connectivity index (χ3v) is 3.70. The van der Waals surface area contributed by atoms with Gasteiger partial charge in [-0.05, 0) is 50.8 Å². The van der Waals surface area contributed by atoms with Gasteiger partial charge in [0.1, 0.15) is 0 Å². The zero-order chi connectivity index (χ0) is 13.0. The third kappa shape index (κ3) is 3.49. The Kier molecular flexibility index (Phi) is 4.65. The van der Waals surface area contributed by atoms with Crippen LogP contribution < -0.4 is 10.2 Å². The highest BCUT2D eigenvalue weighted by Gasteiger charge is 2.24. The van der Waals surface area contributed by atoms with E-state index in [2.05, 4.69) is 49.2 Å². The highest BCUT2D eigenvalue weighted by molar-refractivity contribution is 5.55. The number of benzene rings is 1. The molecule has 1 aliphatic rings. The van der Waals surface area contributed by atoms with Gasteiger partial charge in [-0.1, -0.05) is 24.6 Å². The van der Waals surface area contributed by atoms with Crippen LogP contribution in [0, 0.1) is 12.8 Å². The van der Waals surface area contributed by atoms with E-state index in [1.54, 1.807) is 0 Å². The highest BCUT2D eigenvalue weighted by Crippen LogP contribution is 2.32. The molecule has 1 aromatic rings. The Labute approximate surface area is 111 Å². The van der Waals surface area contributed by atoms with E-state index in [0.29, 0.717) is 0 Å². The van der Waals surface area contributed by atoms with Crippen LogP contribution in [0.3, 0.4) is 0 Å². The van der Waals surface area contributed by atoms with E-state index in [1.807, 2.05) is 0 Å². The molecule has 1 N–H and O–H groups in total. The standard InChI is InChI=1S/C16H26N2/c1-4-17-11-15-10-13(3)6-9-16(15)18(5-2)12-14-7-8-14/h6,9-10,14,17H,4-5,7-8,11-12H2,1-3H3. The minimum atomic E-state index is 0.943. The van der Waals surface area contributed by atoms with E-state index in [1.165, 1.54) is 36.2 Å². The quantitative estimate of drug-likeness (QED) is 0.794. The molecule has 0 amide bonds. The van der Waals surface area contributed by atoms with E-state index in [9.17, 15) is 0 Å². The summed E-state index contributed by atoms with van der Waals surface area (Å²) in [6.07, 6.45) is 2.84. The summed E-state index contributed by atoms with van der Waals surface area (Å²) in [5.74, 6) is 0.943. The Balaban J connectivity index is 2.16. The molecule has 100 valence electrons. The second kappa shape index (κ2) is 6.24. The van der Waals surface area contributed by atoms with Crippen molar-refractivity contribution in [2.24, 2.45) is 5.92 Å². The smallest absolute Gasteiger partial charge is 0.0412 e. The normalized spacial score (nSPS) is 14.8. The summed E-state index contributed by atoms with van der Waals surface area (Å²) in [7, 11) is 0. The van der Waals surface area contributed by atoms with E-state index in [4.69, 9.17) is 0 Å². The van der Waals surface area contributed by atoms with Gasteiger partial charge in [-0.15, -0.1) is 0 Å². The molecular weight excluding hydrogens is 220 g/mol. The minimum absolute atomic E-state index is 0.943. The predicted octanol–water partition coefficient (Wildman–Crippen LogP) is 3.34. The molecule has 0 radical (unpaired) electrons. The minimum Gasteiger partial charge on any atom is -0.371 e. The first-order valence-corrected chi connectivity index (χ1v) is 7.29. The number of hydrogen-bond acceptors (Lipinski definition) is 2. The topological polar surface area (TPSA) is 15.3 Å². The van der Waals surface area contributed by atoms with Crippen LogP contribution in [0.5, 0.6) is 0 Å². The lowest BCUT2D eigenvalue weighted by molar-refractivity contribution is 0.706. The van der Waals surface area contributed by atoms with Crippen LogP contribution in [0.25, 0.3) is 0 Å². The second-order valence-electron chi connectivity index (χ2n) is 5.39. The summed E-state index contributed by atoms with van der Waals surface area (Å²) >= 11 is 0. The molecule has 0 saturated heterocycles. The van der Waals surface area contributed by atoms with Gasteiger partial charge in [-0.25, -0.2) is 0 Å². The number of hydrogen-bond donors (Lipinski definition) is 1. The molecule has 2 rings (SSSR count). The third-order valence-electron chi connectivity index (χ3n) is 3.70. The summed E-state index contributed by atoms with van der Waals surface area (Å²) in [4.78, 5) is 2.55. The number of anilines is 1. The van der Waals surface area contributed by atoms with Crippen molar-refractivity contribution in [2.45, 2.75) is 40.2 Å². The van der Waals surface area contributed by atoms with Crippen molar-refractivity contribution in [3.05, 3.63) is 29.3 Å². The summed E-state index contributed by atoms with van der Waals surface area (Å²) in [5, 5.41) is 3.45. The molecule has 0 spiro atoms. The van der Waals surface area contributed by atoms with E-state index in [-0.39, 0.29) is 0 Å². The van der Waals surface area contributed by atoms with E-state index in [0.717, 1.165) is 25.6 Å². The highest BCUT2D eigenvalue weighted by atomic mass is 15.1. The molecule has 0 unspecified atom stereocenters. The Bertz CT molecular complexity index is 383. The van der Waals surface area contributed by atoms with E-state index < -0.39 is 0 Å². The van der Waals surface area contributed by atoms with Crippen molar-refractivity contribution in [3.8, 4) is 0 Å². The van der Waals surface area contributed by atoms with Crippen LogP contribution in [-0.2, 0) is 6.54 Å². The maximum absolute atomic E-state index is 3.45. The molecular formula is C16H26N2. The fourth-order valence-corrected chi connectivity index (χ4v) is 2.43. The molecule has 0 atom stereocenters. The average molecular weight is 246 g/mol. The Morgan fingerprint density at radius 3 is 2.67 bits per heavy atom. The van der Waals surface area contributed by atoms with Crippen LogP contribution in [0.4, 0.5) is 5.69 Å². The number of aryl methyl sites for hydroxylation is 1. The molecule has 0 aliphatic heterocycles. The van der Waals surface area contributed by atoms with Gasteiger partial charge in [0.2, 0.25) is 0 Å². The van der Waals surface area contributed by atoms with Crippen molar-refractivity contribution >= 4 is 5.69 Å². The first-order valence-electron chi connectivity index (χ1n) is 7.29. The van der Waals surface area contributed by atoms with Crippen LogP contribution in [0.15, 0.2) is 18.2 Å². The molecule has 1 saturated carbocycles. The van der Waals surface area contributed by atoms with Gasteiger partial charge in [0.25, 0.3) is 0 Å². The Morgan fingerprint density at radius 1 is 1.28 bits per heavy atom. The fraction of sp³-hybridized carbons (Fsp3) is 0.625. The van der Waals surface area contributed by atoms with Crippen molar-refractivity contribution in [1.82, 2.24) is 5.32 Å². The second-order valence-corrected chi connectivity index (χ2v) is 5.39. The first kappa shape index (κ1) is 13.4. The van der Waals surface area contributed by atoms with Crippen LogP contribution in [0.2, 0.25) is 0 Å².